The smallest absolute Gasteiger partial charge is 0.408 e. The number of ether oxygens (including phenoxy) is 2. The highest BCUT2D eigenvalue weighted by Gasteiger charge is 2.39. The molecule has 0 aliphatic heterocycles. The SMILES string of the molecule is COC(=O)C(C)(Cc1ccc(O[Si](C)(C)C(C)(C)C)cc1)NC(=O)OC(C)(C)C. The predicted octanol–water partition coefficient (Wildman–Crippen LogP) is 5.07. The van der Waals surface area contributed by atoms with Gasteiger partial charge in [0.25, 0.3) is 0 Å². The van der Waals surface area contributed by atoms with Crippen LogP contribution in [0.25, 0.3) is 0 Å². The Morgan fingerprint density at radius 1 is 0.966 bits per heavy atom. The second kappa shape index (κ2) is 8.77. The van der Waals surface area contributed by atoms with Crippen molar-refractivity contribution in [2.45, 2.75) is 84.2 Å². The van der Waals surface area contributed by atoms with Crippen molar-refractivity contribution in [3.63, 3.8) is 0 Å². The van der Waals surface area contributed by atoms with Gasteiger partial charge in [0.15, 0.2) is 0 Å². The van der Waals surface area contributed by atoms with E-state index in [2.05, 4.69) is 39.2 Å². The number of hydrogen-bond acceptors (Lipinski definition) is 5. The number of rotatable bonds is 6. The molecule has 0 spiro atoms. The molecule has 7 heteroatoms. The molecule has 29 heavy (non-hydrogen) atoms. The lowest BCUT2D eigenvalue weighted by atomic mass is 9.93. The fraction of sp³-hybridized carbons (Fsp3) is 0.636. The van der Waals surface area contributed by atoms with Gasteiger partial charge in [-0.2, -0.15) is 0 Å². The highest BCUT2D eigenvalue weighted by molar-refractivity contribution is 6.74. The van der Waals surface area contributed by atoms with Crippen LogP contribution in [0.1, 0.15) is 54.0 Å². The van der Waals surface area contributed by atoms with E-state index in [4.69, 9.17) is 13.9 Å². The van der Waals surface area contributed by atoms with Crippen LogP contribution in [0, 0.1) is 0 Å². The van der Waals surface area contributed by atoms with E-state index >= 15 is 0 Å². The van der Waals surface area contributed by atoms with Crippen LogP contribution >= 0.6 is 0 Å². The Morgan fingerprint density at radius 3 is 1.90 bits per heavy atom. The maximum absolute atomic E-state index is 12.4. The monoisotopic (exact) mass is 423 g/mol. The average Bonchev–Trinajstić information content (AvgIpc) is 2.52. The molecule has 164 valence electrons. The highest BCUT2D eigenvalue weighted by Crippen LogP contribution is 2.37. The first-order valence-electron chi connectivity index (χ1n) is 9.87. The Hall–Kier alpha value is -2.02. The summed E-state index contributed by atoms with van der Waals surface area (Å²) in [5, 5.41) is 2.77. The summed E-state index contributed by atoms with van der Waals surface area (Å²) in [6.07, 6.45) is -0.400. The molecule has 1 atom stereocenters. The molecule has 0 aliphatic rings. The lowest BCUT2D eigenvalue weighted by Gasteiger charge is -2.36. The number of amides is 1. The maximum atomic E-state index is 12.4. The normalized spacial score (nSPS) is 14.6. The molecule has 1 aromatic rings. The van der Waals surface area contributed by atoms with Crippen LogP contribution in [0.15, 0.2) is 24.3 Å². The van der Waals surface area contributed by atoms with Gasteiger partial charge in [-0.15, -0.1) is 0 Å². The summed E-state index contributed by atoms with van der Waals surface area (Å²) in [5.41, 5.74) is -1.04. The number of carbonyl (C=O) groups excluding carboxylic acids is 2. The molecule has 0 saturated carbocycles. The third-order valence-electron chi connectivity index (χ3n) is 5.07. The lowest BCUT2D eigenvalue weighted by molar-refractivity contribution is -0.147. The maximum Gasteiger partial charge on any atom is 0.408 e. The van der Waals surface area contributed by atoms with Crippen LogP contribution in [-0.4, -0.2) is 38.6 Å². The molecular weight excluding hydrogens is 386 g/mol. The van der Waals surface area contributed by atoms with Gasteiger partial charge in [0, 0.05) is 6.42 Å². The number of carbonyl (C=O) groups is 2. The van der Waals surface area contributed by atoms with Crippen molar-refractivity contribution in [2.75, 3.05) is 7.11 Å². The van der Waals surface area contributed by atoms with Crippen molar-refractivity contribution in [3.05, 3.63) is 29.8 Å². The summed E-state index contributed by atoms with van der Waals surface area (Å²) in [6.45, 7) is 17.9. The van der Waals surface area contributed by atoms with E-state index in [9.17, 15) is 9.59 Å². The molecule has 1 aromatic carbocycles. The van der Waals surface area contributed by atoms with Crippen LogP contribution < -0.4 is 9.74 Å². The van der Waals surface area contributed by atoms with Gasteiger partial charge >= 0.3 is 12.1 Å². The zero-order chi connectivity index (χ0) is 22.7. The molecule has 0 aromatic heterocycles. The van der Waals surface area contributed by atoms with Crippen molar-refractivity contribution < 1.29 is 23.5 Å². The van der Waals surface area contributed by atoms with Crippen LogP contribution in [0.4, 0.5) is 4.79 Å². The third-order valence-corrected chi connectivity index (χ3v) is 9.43. The molecule has 0 heterocycles. The molecule has 0 radical (unpaired) electrons. The number of benzene rings is 1. The fourth-order valence-electron chi connectivity index (χ4n) is 2.45. The first kappa shape index (κ1) is 25.0. The first-order valence-corrected chi connectivity index (χ1v) is 12.8. The van der Waals surface area contributed by atoms with Gasteiger partial charge in [0.2, 0.25) is 8.32 Å². The molecule has 0 aliphatic carbocycles. The van der Waals surface area contributed by atoms with Gasteiger partial charge in [0.1, 0.15) is 16.9 Å². The zero-order valence-electron chi connectivity index (χ0n) is 19.6. The van der Waals surface area contributed by atoms with Crippen molar-refractivity contribution >= 4 is 20.4 Å². The highest BCUT2D eigenvalue weighted by atomic mass is 28.4. The molecule has 0 saturated heterocycles. The largest absolute Gasteiger partial charge is 0.544 e. The van der Waals surface area contributed by atoms with Crippen LogP contribution in [0.3, 0.4) is 0 Å². The second-order valence-corrected chi connectivity index (χ2v) is 14.9. The van der Waals surface area contributed by atoms with E-state index in [0.29, 0.717) is 0 Å². The molecule has 1 unspecified atom stereocenters. The molecule has 0 fully saturated rings. The summed E-state index contributed by atoms with van der Waals surface area (Å²) in [4.78, 5) is 24.6. The Kier molecular flexibility index (Phi) is 7.57. The summed E-state index contributed by atoms with van der Waals surface area (Å²) >= 11 is 0. The molecule has 0 bridgehead atoms. The molecule has 1 amide bonds. The van der Waals surface area contributed by atoms with E-state index < -0.39 is 31.5 Å². The van der Waals surface area contributed by atoms with Gasteiger partial charge in [-0.3, -0.25) is 0 Å². The Balaban J connectivity index is 2.98. The minimum atomic E-state index is -1.93. The molecular formula is C22H37NO5Si. The van der Waals surface area contributed by atoms with Gasteiger partial charge in [-0.05, 0) is 63.5 Å². The first-order chi connectivity index (χ1) is 13.0. The quantitative estimate of drug-likeness (QED) is 0.511. The number of alkyl carbamates (subject to hydrolysis) is 1. The summed E-state index contributed by atoms with van der Waals surface area (Å²) in [7, 11) is -0.627. The van der Waals surface area contributed by atoms with E-state index in [1.807, 2.05) is 24.3 Å². The second-order valence-electron chi connectivity index (χ2n) is 10.1. The van der Waals surface area contributed by atoms with Gasteiger partial charge < -0.3 is 19.2 Å². The summed E-state index contributed by atoms with van der Waals surface area (Å²) in [6, 6.07) is 7.61. The standard InChI is InChI=1S/C22H37NO5Si/c1-20(2,3)27-19(25)23-22(7,18(24)26-8)15-16-11-13-17(14-12-16)28-29(9,10)21(4,5)6/h11-14H,15H2,1-10H3,(H,23,25). The minimum Gasteiger partial charge on any atom is -0.544 e. The molecule has 6 nitrogen and oxygen atoms in total. The minimum absolute atomic E-state index is 0.104. The zero-order valence-corrected chi connectivity index (χ0v) is 20.6. The topological polar surface area (TPSA) is 73.9 Å². The van der Waals surface area contributed by atoms with E-state index in [-0.39, 0.29) is 11.5 Å². The van der Waals surface area contributed by atoms with Crippen molar-refractivity contribution in [2.24, 2.45) is 0 Å². The van der Waals surface area contributed by atoms with Crippen molar-refractivity contribution in [1.29, 1.82) is 0 Å². The number of hydrogen-bond donors (Lipinski definition) is 1. The molecule has 1 rings (SSSR count). The van der Waals surface area contributed by atoms with Gasteiger partial charge in [0.05, 0.1) is 7.11 Å². The van der Waals surface area contributed by atoms with Crippen LogP contribution in [0.5, 0.6) is 5.75 Å². The molecule has 1 N–H and O–H groups in total. The lowest BCUT2D eigenvalue weighted by Crippen LogP contribution is -2.55. The summed E-state index contributed by atoms with van der Waals surface area (Å²) in [5.74, 6) is 0.269. The van der Waals surface area contributed by atoms with Crippen LogP contribution in [0.2, 0.25) is 18.1 Å². The Labute approximate surface area is 176 Å². The Morgan fingerprint density at radius 2 is 1.48 bits per heavy atom. The number of nitrogens with one attached hydrogen (secondary N) is 1. The van der Waals surface area contributed by atoms with E-state index in [1.165, 1.54) is 7.11 Å². The Bertz CT molecular complexity index is 716. The van der Waals surface area contributed by atoms with E-state index in [0.717, 1.165) is 11.3 Å². The van der Waals surface area contributed by atoms with Gasteiger partial charge in [-0.1, -0.05) is 32.9 Å². The fourth-order valence-corrected chi connectivity index (χ4v) is 3.48. The number of esters is 1. The van der Waals surface area contributed by atoms with E-state index in [1.54, 1.807) is 27.7 Å². The van der Waals surface area contributed by atoms with Crippen LogP contribution in [-0.2, 0) is 20.7 Å². The van der Waals surface area contributed by atoms with Gasteiger partial charge in [-0.25, -0.2) is 9.59 Å². The van der Waals surface area contributed by atoms with Crippen molar-refractivity contribution in [3.8, 4) is 5.75 Å². The van der Waals surface area contributed by atoms with Crippen molar-refractivity contribution in [1.82, 2.24) is 5.32 Å². The third kappa shape index (κ3) is 7.38. The summed E-state index contributed by atoms with van der Waals surface area (Å²) < 4.78 is 16.5. The predicted molar refractivity (Wildman–Crippen MR) is 118 cm³/mol. The average molecular weight is 424 g/mol. The number of methoxy groups -OCH3 is 1.